The molecule has 4 nitrogen and oxygen atoms in total. The Morgan fingerprint density at radius 3 is 2.55 bits per heavy atom. The molecule has 0 bridgehead atoms. The second-order valence-electron chi connectivity index (χ2n) is 6.51. The van der Waals surface area contributed by atoms with E-state index in [1.807, 2.05) is 24.3 Å². The topological polar surface area (TPSA) is 35.9 Å². The molecule has 124 valence electrons. The molecule has 0 spiro atoms. The van der Waals surface area contributed by atoms with E-state index in [0.29, 0.717) is 6.42 Å². The zero-order valence-corrected chi connectivity index (χ0v) is 14.4. The van der Waals surface area contributed by atoms with Crippen LogP contribution in [0.25, 0.3) is 0 Å². The standard InChI is InChI=1S/C18H30N2O2/c1-5-18(21,16-7-6-8-17(13-16)22-4)15(2)14-20-11-9-19(3)10-12-20/h6-8,13,15,21H,5,9-12,14H2,1-4H3. The summed E-state index contributed by atoms with van der Waals surface area (Å²) >= 11 is 0. The third kappa shape index (κ3) is 3.80. The molecule has 0 aliphatic carbocycles. The molecule has 1 saturated heterocycles. The Bertz CT molecular complexity index is 472. The Balaban J connectivity index is 2.10. The lowest BCUT2D eigenvalue weighted by Gasteiger charge is -2.39. The Hall–Kier alpha value is -1.10. The summed E-state index contributed by atoms with van der Waals surface area (Å²) in [7, 11) is 3.83. The van der Waals surface area contributed by atoms with Crippen LogP contribution in [-0.2, 0) is 5.60 Å². The van der Waals surface area contributed by atoms with Crippen molar-refractivity contribution < 1.29 is 9.84 Å². The molecule has 1 heterocycles. The van der Waals surface area contributed by atoms with Crippen molar-refractivity contribution in [1.82, 2.24) is 9.80 Å². The smallest absolute Gasteiger partial charge is 0.119 e. The molecule has 1 aromatic rings. The van der Waals surface area contributed by atoms with Crippen LogP contribution in [0.3, 0.4) is 0 Å². The van der Waals surface area contributed by atoms with Crippen LogP contribution in [0.4, 0.5) is 0 Å². The number of nitrogens with zero attached hydrogens (tertiary/aromatic N) is 2. The Labute approximate surface area is 134 Å². The summed E-state index contributed by atoms with van der Waals surface area (Å²) in [5, 5.41) is 11.3. The number of piperazine rings is 1. The molecule has 22 heavy (non-hydrogen) atoms. The molecule has 2 rings (SSSR count). The van der Waals surface area contributed by atoms with Gasteiger partial charge in [0.1, 0.15) is 5.75 Å². The third-order valence-electron chi connectivity index (χ3n) is 5.05. The number of methoxy groups -OCH3 is 1. The van der Waals surface area contributed by atoms with Crippen molar-refractivity contribution in [3.05, 3.63) is 29.8 Å². The quantitative estimate of drug-likeness (QED) is 0.874. The van der Waals surface area contributed by atoms with Gasteiger partial charge in [-0.1, -0.05) is 26.0 Å². The fourth-order valence-corrected chi connectivity index (χ4v) is 3.30. The van der Waals surface area contributed by atoms with Gasteiger partial charge in [0.2, 0.25) is 0 Å². The molecule has 1 aromatic carbocycles. The number of benzene rings is 1. The van der Waals surface area contributed by atoms with Gasteiger partial charge in [-0.15, -0.1) is 0 Å². The number of rotatable bonds is 6. The number of likely N-dealkylation sites (N-methyl/N-ethyl adjacent to an activating group) is 1. The highest BCUT2D eigenvalue weighted by atomic mass is 16.5. The van der Waals surface area contributed by atoms with E-state index in [1.54, 1.807) is 7.11 Å². The average molecular weight is 306 g/mol. The van der Waals surface area contributed by atoms with E-state index in [4.69, 9.17) is 4.74 Å². The molecular formula is C18H30N2O2. The van der Waals surface area contributed by atoms with E-state index in [-0.39, 0.29) is 5.92 Å². The van der Waals surface area contributed by atoms with E-state index in [2.05, 4.69) is 30.7 Å². The number of hydrogen-bond donors (Lipinski definition) is 1. The van der Waals surface area contributed by atoms with Gasteiger partial charge in [0, 0.05) is 38.6 Å². The predicted molar refractivity (Wildman–Crippen MR) is 90.3 cm³/mol. The van der Waals surface area contributed by atoms with Crippen LogP contribution >= 0.6 is 0 Å². The highest BCUT2D eigenvalue weighted by Gasteiger charge is 2.35. The van der Waals surface area contributed by atoms with Gasteiger partial charge in [0.25, 0.3) is 0 Å². The van der Waals surface area contributed by atoms with Crippen LogP contribution in [-0.4, -0.2) is 61.8 Å². The van der Waals surface area contributed by atoms with Crippen molar-refractivity contribution >= 4 is 0 Å². The second kappa shape index (κ2) is 7.44. The van der Waals surface area contributed by atoms with Crippen molar-refractivity contribution in [1.29, 1.82) is 0 Å². The van der Waals surface area contributed by atoms with Crippen LogP contribution in [0.1, 0.15) is 25.8 Å². The molecule has 1 aliphatic heterocycles. The maximum absolute atomic E-state index is 11.3. The van der Waals surface area contributed by atoms with Crippen molar-refractivity contribution in [3.8, 4) is 5.75 Å². The lowest BCUT2D eigenvalue weighted by molar-refractivity contribution is -0.0372. The maximum Gasteiger partial charge on any atom is 0.119 e. The monoisotopic (exact) mass is 306 g/mol. The Kier molecular flexibility index (Phi) is 5.84. The van der Waals surface area contributed by atoms with E-state index >= 15 is 0 Å². The van der Waals surface area contributed by atoms with Crippen molar-refractivity contribution in [3.63, 3.8) is 0 Å². The first-order chi connectivity index (χ1) is 10.5. The minimum atomic E-state index is -0.808. The van der Waals surface area contributed by atoms with Gasteiger partial charge in [-0.25, -0.2) is 0 Å². The SMILES string of the molecule is CCC(O)(c1cccc(OC)c1)C(C)CN1CCN(C)CC1. The van der Waals surface area contributed by atoms with Gasteiger partial charge in [-0.05, 0) is 31.2 Å². The minimum Gasteiger partial charge on any atom is -0.497 e. The molecule has 1 aliphatic rings. The molecule has 0 radical (unpaired) electrons. The summed E-state index contributed by atoms with van der Waals surface area (Å²) in [6.07, 6.45) is 0.703. The molecule has 1 fully saturated rings. The number of hydrogen-bond acceptors (Lipinski definition) is 4. The summed E-state index contributed by atoms with van der Waals surface area (Å²) in [6, 6.07) is 7.85. The van der Waals surface area contributed by atoms with Crippen LogP contribution in [0.5, 0.6) is 5.75 Å². The third-order valence-corrected chi connectivity index (χ3v) is 5.05. The van der Waals surface area contributed by atoms with Crippen molar-refractivity contribution in [2.45, 2.75) is 25.9 Å². The highest BCUT2D eigenvalue weighted by molar-refractivity contribution is 5.32. The Morgan fingerprint density at radius 1 is 1.27 bits per heavy atom. The summed E-state index contributed by atoms with van der Waals surface area (Å²) < 4.78 is 5.31. The van der Waals surface area contributed by atoms with Gasteiger partial charge in [-0.3, -0.25) is 0 Å². The van der Waals surface area contributed by atoms with Gasteiger partial charge >= 0.3 is 0 Å². The molecule has 2 atom stereocenters. The summed E-state index contributed by atoms with van der Waals surface area (Å²) in [5.41, 5.74) is 0.147. The van der Waals surface area contributed by atoms with E-state index in [9.17, 15) is 5.11 Å². The minimum absolute atomic E-state index is 0.174. The summed E-state index contributed by atoms with van der Waals surface area (Å²) in [5.74, 6) is 0.976. The number of ether oxygens (including phenoxy) is 1. The van der Waals surface area contributed by atoms with Gasteiger partial charge < -0.3 is 19.6 Å². The van der Waals surface area contributed by atoms with Crippen LogP contribution in [0.2, 0.25) is 0 Å². The predicted octanol–water partition coefficient (Wildman–Crippen LogP) is 2.18. The molecule has 0 saturated carbocycles. The van der Waals surface area contributed by atoms with Crippen LogP contribution in [0, 0.1) is 5.92 Å². The summed E-state index contributed by atoms with van der Waals surface area (Å²) in [4.78, 5) is 4.82. The van der Waals surface area contributed by atoms with Crippen molar-refractivity contribution in [2.24, 2.45) is 5.92 Å². The van der Waals surface area contributed by atoms with Gasteiger partial charge in [0.15, 0.2) is 0 Å². The highest BCUT2D eigenvalue weighted by Crippen LogP contribution is 2.35. The van der Waals surface area contributed by atoms with Gasteiger partial charge in [0.05, 0.1) is 12.7 Å². The zero-order chi connectivity index (χ0) is 16.2. The lowest BCUT2D eigenvalue weighted by Crippen LogP contribution is -2.48. The van der Waals surface area contributed by atoms with E-state index in [1.165, 1.54) is 0 Å². The molecule has 4 heteroatoms. The second-order valence-corrected chi connectivity index (χ2v) is 6.51. The van der Waals surface area contributed by atoms with Crippen molar-refractivity contribution in [2.75, 3.05) is 46.9 Å². The lowest BCUT2D eigenvalue weighted by atomic mass is 9.79. The fraction of sp³-hybridized carbons (Fsp3) is 0.667. The van der Waals surface area contributed by atoms with E-state index in [0.717, 1.165) is 44.0 Å². The molecule has 0 amide bonds. The maximum atomic E-state index is 11.3. The molecule has 0 aromatic heterocycles. The molecule has 1 N–H and O–H groups in total. The first kappa shape index (κ1) is 17.3. The van der Waals surface area contributed by atoms with Crippen LogP contribution < -0.4 is 4.74 Å². The first-order valence-electron chi connectivity index (χ1n) is 8.27. The Morgan fingerprint density at radius 2 is 1.95 bits per heavy atom. The zero-order valence-electron chi connectivity index (χ0n) is 14.4. The molecular weight excluding hydrogens is 276 g/mol. The fourth-order valence-electron chi connectivity index (χ4n) is 3.30. The largest absolute Gasteiger partial charge is 0.497 e. The summed E-state index contributed by atoms with van der Waals surface area (Å²) in [6.45, 7) is 9.51. The molecule has 2 unspecified atom stereocenters. The average Bonchev–Trinajstić information content (AvgIpc) is 2.56. The van der Waals surface area contributed by atoms with Crippen LogP contribution in [0.15, 0.2) is 24.3 Å². The van der Waals surface area contributed by atoms with Gasteiger partial charge in [-0.2, -0.15) is 0 Å². The van der Waals surface area contributed by atoms with E-state index < -0.39 is 5.60 Å². The normalized spacial score (nSPS) is 21.3. The number of aliphatic hydroxyl groups is 1. The first-order valence-corrected chi connectivity index (χ1v) is 8.27.